The van der Waals surface area contributed by atoms with Gasteiger partial charge in [-0.25, -0.2) is 0 Å². The van der Waals surface area contributed by atoms with Crippen molar-refractivity contribution in [2.24, 2.45) is 0 Å². The number of aliphatic hydroxyl groups is 1. The predicted octanol–water partition coefficient (Wildman–Crippen LogP) is 5.21. The van der Waals surface area contributed by atoms with E-state index in [-0.39, 0.29) is 6.42 Å². The number of unbranched alkanes of at least 4 members (excludes halogenated alkanes) is 8. The number of rotatable bonds is 13. The van der Waals surface area contributed by atoms with E-state index in [1.807, 2.05) is 6.08 Å². The Morgan fingerprint density at radius 1 is 0.842 bits per heavy atom. The van der Waals surface area contributed by atoms with Crippen molar-refractivity contribution in [3.05, 3.63) is 11.8 Å². The van der Waals surface area contributed by atoms with Gasteiger partial charge < -0.3 is 10.2 Å². The number of allylic oxidation sites excluding steroid dienone is 2. The van der Waals surface area contributed by atoms with Gasteiger partial charge in [0.15, 0.2) is 0 Å². The minimum Gasteiger partial charge on any atom is -0.513 e. The smallest absolute Gasteiger partial charge is 0.303 e. The monoisotopic (exact) mass is 270 g/mol. The maximum atomic E-state index is 10.3. The molecule has 3 heteroatoms. The molecule has 0 heterocycles. The van der Waals surface area contributed by atoms with Gasteiger partial charge in [-0.15, -0.1) is 0 Å². The lowest BCUT2D eigenvalue weighted by molar-refractivity contribution is -0.137. The minimum atomic E-state index is -0.708. The number of carboxylic acids is 1. The Morgan fingerprint density at radius 3 is 2.05 bits per heavy atom. The van der Waals surface area contributed by atoms with Gasteiger partial charge in [-0.1, -0.05) is 45.4 Å². The molecule has 19 heavy (non-hydrogen) atoms. The Bertz CT molecular complexity index is 246. The zero-order chi connectivity index (χ0) is 14.3. The predicted molar refractivity (Wildman–Crippen MR) is 79.4 cm³/mol. The molecule has 0 aromatic heterocycles. The van der Waals surface area contributed by atoms with E-state index in [0.29, 0.717) is 5.76 Å². The topological polar surface area (TPSA) is 57.5 Å². The lowest BCUT2D eigenvalue weighted by Gasteiger charge is -2.01. The van der Waals surface area contributed by atoms with Gasteiger partial charge in [0.05, 0.1) is 5.76 Å². The van der Waals surface area contributed by atoms with Crippen LogP contribution in [0.25, 0.3) is 0 Å². The maximum absolute atomic E-state index is 10.3. The highest BCUT2D eigenvalue weighted by atomic mass is 16.4. The average Bonchev–Trinajstić information content (AvgIpc) is 2.37. The number of aliphatic hydroxyl groups excluding tert-OH is 1. The Kier molecular flexibility index (Phi) is 12.7. The van der Waals surface area contributed by atoms with Crippen LogP contribution in [0, 0.1) is 0 Å². The number of aliphatic carboxylic acids is 1. The Labute approximate surface area is 117 Å². The number of hydrogen-bond acceptors (Lipinski definition) is 2. The van der Waals surface area contributed by atoms with E-state index >= 15 is 0 Å². The Hall–Kier alpha value is -0.990. The molecule has 0 atom stereocenters. The molecular formula is C16H30O3. The summed E-state index contributed by atoms with van der Waals surface area (Å²) in [7, 11) is 0. The fourth-order valence-electron chi connectivity index (χ4n) is 2.05. The van der Waals surface area contributed by atoms with E-state index in [2.05, 4.69) is 6.92 Å². The fraction of sp³-hybridized carbons (Fsp3) is 0.812. The summed E-state index contributed by atoms with van der Waals surface area (Å²) in [6, 6.07) is 0. The normalized spacial score (nSPS) is 11.7. The molecule has 3 nitrogen and oxygen atoms in total. The lowest BCUT2D eigenvalue weighted by atomic mass is 10.1. The van der Waals surface area contributed by atoms with E-state index in [9.17, 15) is 9.90 Å². The van der Waals surface area contributed by atoms with E-state index in [0.717, 1.165) is 44.9 Å². The second kappa shape index (κ2) is 13.4. The van der Waals surface area contributed by atoms with Crippen LogP contribution in [0.15, 0.2) is 11.8 Å². The molecule has 0 radical (unpaired) electrons. The fourth-order valence-corrected chi connectivity index (χ4v) is 2.05. The summed E-state index contributed by atoms with van der Waals surface area (Å²) in [4.78, 5) is 10.3. The molecule has 0 saturated heterocycles. The molecule has 0 amide bonds. The van der Waals surface area contributed by atoms with Gasteiger partial charge in [-0.2, -0.15) is 0 Å². The van der Waals surface area contributed by atoms with Crippen LogP contribution in [0.1, 0.15) is 84.0 Å². The first-order valence-corrected chi connectivity index (χ1v) is 7.76. The van der Waals surface area contributed by atoms with Crippen molar-refractivity contribution < 1.29 is 15.0 Å². The van der Waals surface area contributed by atoms with E-state index in [4.69, 9.17) is 5.11 Å². The highest BCUT2D eigenvalue weighted by Gasteiger charge is 1.97. The molecule has 0 aliphatic carbocycles. The summed E-state index contributed by atoms with van der Waals surface area (Å²) in [6.45, 7) is 2.20. The first-order valence-electron chi connectivity index (χ1n) is 7.76. The molecular weight excluding hydrogens is 240 g/mol. The standard InChI is InChI=1S/C16H30O3/c1-2-3-4-6-9-12-15(17)13-10-7-5-8-11-14-16(18)19/h13,17H,2-12,14H2,1H3,(H,18,19)/b15-13+. The molecule has 0 saturated carbocycles. The third-order valence-corrected chi connectivity index (χ3v) is 3.26. The van der Waals surface area contributed by atoms with Gasteiger partial charge >= 0.3 is 5.97 Å². The number of carbonyl (C=O) groups is 1. The van der Waals surface area contributed by atoms with Gasteiger partial charge in [0.25, 0.3) is 0 Å². The summed E-state index contributed by atoms with van der Waals surface area (Å²) in [5, 5.41) is 18.1. The second-order valence-corrected chi connectivity index (χ2v) is 5.21. The van der Waals surface area contributed by atoms with Crippen LogP contribution >= 0.6 is 0 Å². The van der Waals surface area contributed by atoms with Crippen molar-refractivity contribution >= 4 is 5.97 Å². The third kappa shape index (κ3) is 15.0. The summed E-state index contributed by atoms with van der Waals surface area (Å²) in [5.41, 5.74) is 0. The molecule has 2 N–H and O–H groups in total. The molecule has 112 valence electrons. The summed E-state index contributed by atoms with van der Waals surface area (Å²) < 4.78 is 0. The second-order valence-electron chi connectivity index (χ2n) is 5.21. The molecule has 0 aliphatic rings. The van der Waals surface area contributed by atoms with E-state index in [1.54, 1.807) is 0 Å². The van der Waals surface area contributed by atoms with Gasteiger partial charge in [-0.3, -0.25) is 4.79 Å². The van der Waals surface area contributed by atoms with Crippen LogP contribution in [0.2, 0.25) is 0 Å². The van der Waals surface area contributed by atoms with E-state index in [1.165, 1.54) is 25.7 Å². The van der Waals surface area contributed by atoms with Crippen LogP contribution in [-0.2, 0) is 4.79 Å². The van der Waals surface area contributed by atoms with Crippen LogP contribution < -0.4 is 0 Å². The molecule has 0 spiro atoms. The third-order valence-electron chi connectivity index (χ3n) is 3.26. The van der Waals surface area contributed by atoms with Gasteiger partial charge in [0.2, 0.25) is 0 Å². The van der Waals surface area contributed by atoms with Crippen LogP contribution in [-0.4, -0.2) is 16.2 Å². The van der Waals surface area contributed by atoms with Crippen molar-refractivity contribution in [2.45, 2.75) is 84.0 Å². The zero-order valence-corrected chi connectivity index (χ0v) is 12.4. The largest absolute Gasteiger partial charge is 0.513 e. The number of carboxylic acid groups (broad SMARTS) is 1. The molecule has 0 aliphatic heterocycles. The van der Waals surface area contributed by atoms with E-state index < -0.39 is 5.97 Å². The highest BCUT2D eigenvalue weighted by molar-refractivity contribution is 5.66. The Balaban J connectivity index is 3.31. The number of hydrogen-bond donors (Lipinski definition) is 2. The van der Waals surface area contributed by atoms with Crippen molar-refractivity contribution in [2.75, 3.05) is 0 Å². The van der Waals surface area contributed by atoms with Crippen LogP contribution in [0.5, 0.6) is 0 Å². The van der Waals surface area contributed by atoms with Crippen LogP contribution in [0.3, 0.4) is 0 Å². The van der Waals surface area contributed by atoms with Gasteiger partial charge in [0.1, 0.15) is 0 Å². The molecule has 0 bridgehead atoms. The zero-order valence-electron chi connectivity index (χ0n) is 12.4. The quantitative estimate of drug-likeness (QED) is 0.356. The summed E-state index contributed by atoms with van der Waals surface area (Å²) >= 11 is 0. The summed E-state index contributed by atoms with van der Waals surface area (Å²) in [6.07, 6.45) is 13.9. The Morgan fingerprint density at radius 2 is 1.42 bits per heavy atom. The average molecular weight is 270 g/mol. The molecule has 0 fully saturated rings. The molecule has 0 unspecified atom stereocenters. The van der Waals surface area contributed by atoms with Gasteiger partial charge in [0, 0.05) is 12.8 Å². The maximum Gasteiger partial charge on any atom is 0.303 e. The van der Waals surface area contributed by atoms with Gasteiger partial charge in [-0.05, 0) is 31.8 Å². The van der Waals surface area contributed by atoms with Crippen LogP contribution in [0.4, 0.5) is 0 Å². The highest BCUT2D eigenvalue weighted by Crippen LogP contribution is 2.11. The molecule has 0 rings (SSSR count). The lowest BCUT2D eigenvalue weighted by Crippen LogP contribution is -1.93. The summed E-state index contributed by atoms with van der Waals surface area (Å²) in [5.74, 6) is -0.178. The van der Waals surface area contributed by atoms with Crippen molar-refractivity contribution in [3.8, 4) is 0 Å². The first-order chi connectivity index (χ1) is 9.16. The van der Waals surface area contributed by atoms with Crippen molar-refractivity contribution in [1.82, 2.24) is 0 Å². The van der Waals surface area contributed by atoms with Crippen molar-refractivity contribution in [1.29, 1.82) is 0 Å². The molecule has 0 aromatic rings. The first kappa shape index (κ1) is 18.0. The molecule has 0 aromatic carbocycles. The SMILES string of the molecule is CCCCCCC/C(O)=C\CCCCCCC(=O)O. The van der Waals surface area contributed by atoms with Crippen molar-refractivity contribution in [3.63, 3.8) is 0 Å². The minimum absolute atomic E-state index is 0.277.